The first kappa shape index (κ1) is 14.0. The molecule has 3 N–H and O–H groups in total. The Bertz CT molecular complexity index is 643. The molecule has 0 heterocycles. The molecule has 2 nitrogen and oxygen atoms in total. The Hall–Kier alpha value is -1.46. The summed E-state index contributed by atoms with van der Waals surface area (Å²) in [6.45, 7) is 2.01. The number of hydrogen-bond acceptors (Lipinski definition) is 2. The molecule has 0 fully saturated rings. The topological polar surface area (TPSA) is 38.0 Å². The van der Waals surface area contributed by atoms with Gasteiger partial charge in [-0.1, -0.05) is 34.2 Å². The van der Waals surface area contributed by atoms with Crippen LogP contribution >= 0.6 is 28.1 Å². The van der Waals surface area contributed by atoms with Crippen LogP contribution in [-0.2, 0) is 0 Å². The molecule has 98 valence electrons. The van der Waals surface area contributed by atoms with Gasteiger partial charge in [0.1, 0.15) is 10.8 Å². The lowest BCUT2D eigenvalue weighted by molar-refractivity contribution is 0.628. The molecule has 0 aromatic heterocycles. The van der Waals surface area contributed by atoms with Crippen molar-refractivity contribution in [3.63, 3.8) is 0 Å². The van der Waals surface area contributed by atoms with E-state index in [1.807, 2.05) is 25.1 Å². The summed E-state index contributed by atoms with van der Waals surface area (Å²) in [6.07, 6.45) is 0. The summed E-state index contributed by atoms with van der Waals surface area (Å²) in [7, 11) is 0. The van der Waals surface area contributed by atoms with Crippen LogP contribution in [-0.4, -0.2) is 4.99 Å². The first-order chi connectivity index (χ1) is 8.97. The van der Waals surface area contributed by atoms with Gasteiger partial charge in [-0.3, -0.25) is 0 Å². The largest absolute Gasteiger partial charge is 0.389 e. The number of benzene rings is 2. The molecule has 0 saturated heterocycles. The molecule has 2 aromatic rings. The average molecular weight is 339 g/mol. The van der Waals surface area contributed by atoms with Crippen LogP contribution in [0, 0.1) is 12.7 Å². The van der Waals surface area contributed by atoms with Gasteiger partial charge in [0, 0.05) is 21.4 Å². The number of aryl methyl sites for hydroxylation is 1. The van der Waals surface area contributed by atoms with E-state index in [0.717, 1.165) is 15.7 Å². The number of halogens is 2. The summed E-state index contributed by atoms with van der Waals surface area (Å²) in [6, 6.07) is 10.2. The van der Waals surface area contributed by atoms with Crippen LogP contribution in [0.4, 0.5) is 15.8 Å². The highest BCUT2D eigenvalue weighted by Crippen LogP contribution is 2.26. The van der Waals surface area contributed by atoms with E-state index >= 15 is 0 Å². The van der Waals surface area contributed by atoms with Gasteiger partial charge in [0.05, 0.1) is 0 Å². The molecule has 0 spiro atoms. The van der Waals surface area contributed by atoms with Gasteiger partial charge in [0.2, 0.25) is 0 Å². The van der Waals surface area contributed by atoms with Crippen LogP contribution in [0.2, 0.25) is 0 Å². The molecule has 2 aromatic carbocycles. The normalized spacial score (nSPS) is 10.3. The molecule has 0 aliphatic rings. The SMILES string of the molecule is Cc1ccc(Nc2ccc(F)cc2C(N)=S)cc1Br. The summed E-state index contributed by atoms with van der Waals surface area (Å²) in [4.78, 5) is 0.160. The fourth-order valence-electron chi connectivity index (χ4n) is 1.66. The Balaban J connectivity index is 2.37. The third-order valence-corrected chi connectivity index (χ3v) is 3.77. The van der Waals surface area contributed by atoms with Gasteiger partial charge in [-0.15, -0.1) is 0 Å². The Labute approximate surface area is 124 Å². The van der Waals surface area contributed by atoms with E-state index in [2.05, 4.69) is 21.2 Å². The second kappa shape index (κ2) is 5.67. The molecule has 0 unspecified atom stereocenters. The highest BCUT2D eigenvalue weighted by atomic mass is 79.9. The Morgan fingerprint density at radius 3 is 2.63 bits per heavy atom. The fraction of sp³-hybridized carbons (Fsp3) is 0.0714. The number of thiocarbonyl (C=S) groups is 1. The van der Waals surface area contributed by atoms with Crippen molar-refractivity contribution >= 4 is 44.5 Å². The predicted molar refractivity (Wildman–Crippen MR) is 84.4 cm³/mol. The predicted octanol–water partition coefficient (Wildman–Crippen LogP) is 4.27. The van der Waals surface area contributed by atoms with Crippen LogP contribution < -0.4 is 11.1 Å². The van der Waals surface area contributed by atoms with Gasteiger partial charge >= 0.3 is 0 Å². The van der Waals surface area contributed by atoms with Crippen molar-refractivity contribution in [1.82, 2.24) is 0 Å². The molecule has 0 radical (unpaired) electrons. The molecule has 0 saturated carbocycles. The van der Waals surface area contributed by atoms with Crippen LogP contribution in [0.15, 0.2) is 40.9 Å². The third kappa shape index (κ3) is 3.30. The zero-order valence-electron chi connectivity index (χ0n) is 10.2. The van der Waals surface area contributed by atoms with Gasteiger partial charge < -0.3 is 11.1 Å². The number of anilines is 2. The number of nitrogens with one attached hydrogen (secondary N) is 1. The standard InChI is InChI=1S/C14H12BrFN2S/c1-8-2-4-10(7-12(8)15)18-13-5-3-9(16)6-11(13)14(17)19/h2-7,18H,1H3,(H2,17,19). The van der Waals surface area contributed by atoms with Crippen LogP contribution in [0.1, 0.15) is 11.1 Å². The highest BCUT2D eigenvalue weighted by molar-refractivity contribution is 9.10. The maximum Gasteiger partial charge on any atom is 0.124 e. The summed E-state index contributed by atoms with van der Waals surface area (Å²) in [5.74, 6) is -0.363. The second-order valence-electron chi connectivity index (χ2n) is 4.14. The Morgan fingerprint density at radius 2 is 2.00 bits per heavy atom. The van der Waals surface area contributed by atoms with Gasteiger partial charge in [0.25, 0.3) is 0 Å². The van der Waals surface area contributed by atoms with Crippen molar-refractivity contribution < 1.29 is 4.39 Å². The molecule has 0 atom stereocenters. The zero-order chi connectivity index (χ0) is 14.0. The minimum absolute atomic E-state index is 0.160. The summed E-state index contributed by atoms with van der Waals surface area (Å²) in [5, 5.41) is 3.18. The van der Waals surface area contributed by atoms with Gasteiger partial charge in [-0.25, -0.2) is 4.39 Å². The molecule has 5 heteroatoms. The first-order valence-electron chi connectivity index (χ1n) is 5.60. The van der Waals surface area contributed by atoms with Crippen LogP contribution in [0.3, 0.4) is 0 Å². The second-order valence-corrected chi connectivity index (χ2v) is 5.44. The summed E-state index contributed by atoms with van der Waals surface area (Å²) < 4.78 is 14.2. The summed E-state index contributed by atoms with van der Waals surface area (Å²) in [5.41, 5.74) is 8.80. The molecule has 0 bridgehead atoms. The third-order valence-electron chi connectivity index (χ3n) is 2.70. The van der Waals surface area contributed by atoms with Crippen molar-refractivity contribution in [2.24, 2.45) is 5.73 Å². The zero-order valence-corrected chi connectivity index (χ0v) is 12.6. The molecular formula is C14H12BrFN2S. The number of nitrogens with two attached hydrogens (primary N) is 1. The van der Waals surface area contributed by atoms with Crippen molar-refractivity contribution in [3.05, 3.63) is 57.8 Å². The molecule has 0 aliphatic carbocycles. The quantitative estimate of drug-likeness (QED) is 0.820. The van der Waals surface area contributed by atoms with E-state index in [0.29, 0.717) is 11.3 Å². The van der Waals surface area contributed by atoms with Crippen molar-refractivity contribution in [3.8, 4) is 0 Å². The van der Waals surface area contributed by atoms with Gasteiger partial charge in [-0.05, 0) is 42.8 Å². The lowest BCUT2D eigenvalue weighted by Crippen LogP contribution is -2.12. The minimum atomic E-state index is -0.363. The van der Waals surface area contributed by atoms with Gasteiger partial charge in [-0.2, -0.15) is 0 Å². The Kier molecular flexibility index (Phi) is 4.17. The number of rotatable bonds is 3. The lowest BCUT2D eigenvalue weighted by atomic mass is 10.1. The fourth-order valence-corrected chi connectivity index (χ4v) is 2.20. The van der Waals surface area contributed by atoms with Crippen molar-refractivity contribution in [1.29, 1.82) is 0 Å². The minimum Gasteiger partial charge on any atom is -0.389 e. The number of hydrogen-bond donors (Lipinski definition) is 2. The smallest absolute Gasteiger partial charge is 0.124 e. The van der Waals surface area contributed by atoms with E-state index < -0.39 is 0 Å². The van der Waals surface area contributed by atoms with E-state index in [4.69, 9.17) is 18.0 Å². The van der Waals surface area contributed by atoms with Crippen LogP contribution in [0.5, 0.6) is 0 Å². The van der Waals surface area contributed by atoms with E-state index in [1.54, 1.807) is 6.07 Å². The highest BCUT2D eigenvalue weighted by Gasteiger charge is 2.07. The monoisotopic (exact) mass is 338 g/mol. The van der Waals surface area contributed by atoms with E-state index in [-0.39, 0.29) is 10.8 Å². The maximum absolute atomic E-state index is 13.2. The average Bonchev–Trinajstić information content (AvgIpc) is 2.36. The van der Waals surface area contributed by atoms with E-state index in [1.165, 1.54) is 12.1 Å². The molecule has 2 rings (SSSR count). The van der Waals surface area contributed by atoms with Gasteiger partial charge in [0.15, 0.2) is 0 Å². The maximum atomic E-state index is 13.2. The first-order valence-corrected chi connectivity index (χ1v) is 6.80. The van der Waals surface area contributed by atoms with E-state index in [9.17, 15) is 4.39 Å². The summed E-state index contributed by atoms with van der Waals surface area (Å²) >= 11 is 8.40. The lowest BCUT2D eigenvalue weighted by Gasteiger charge is -2.12. The molecule has 0 aliphatic heterocycles. The molecule has 0 amide bonds. The van der Waals surface area contributed by atoms with Crippen molar-refractivity contribution in [2.75, 3.05) is 5.32 Å². The molecular weight excluding hydrogens is 327 g/mol. The van der Waals surface area contributed by atoms with Crippen LogP contribution in [0.25, 0.3) is 0 Å². The molecule has 19 heavy (non-hydrogen) atoms. The van der Waals surface area contributed by atoms with Crippen molar-refractivity contribution in [2.45, 2.75) is 6.92 Å². The Morgan fingerprint density at radius 1 is 1.26 bits per heavy atom.